The van der Waals surface area contributed by atoms with Gasteiger partial charge in [-0.1, -0.05) is 36.4 Å². The van der Waals surface area contributed by atoms with E-state index in [0.29, 0.717) is 24.7 Å². The number of rotatable bonds is 6. The molecular formula is C21H23N7O2. The number of benzene rings is 1. The Morgan fingerprint density at radius 2 is 1.77 bits per heavy atom. The van der Waals surface area contributed by atoms with Crippen LogP contribution in [-0.2, 0) is 6.54 Å². The van der Waals surface area contributed by atoms with Gasteiger partial charge in [0.2, 0.25) is 11.6 Å². The van der Waals surface area contributed by atoms with Crippen LogP contribution in [0.1, 0.15) is 11.1 Å². The van der Waals surface area contributed by atoms with E-state index in [1.807, 2.05) is 42.2 Å². The summed E-state index contributed by atoms with van der Waals surface area (Å²) in [7, 11) is 0. The number of nitro groups is 1. The molecule has 3 heterocycles. The van der Waals surface area contributed by atoms with E-state index < -0.39 is 4.92 Å². The zero-order chi connectivity index (χ0) is 20.9. The third-order valence-corrected chi connectivity index (χ3v) is 5.15. The summed E-state index contributed by atoms with van der Waals surface area (Å²) >= 11 is 0. The van der Waals surface area contributed by atoms with Crippen LogP contribution >= 0.6 is 0 Å². The summed E-state index contributed by atoms with van der Waals surface area (Å²) in [5, 5.41) is 14.9. The molecule has 1 aliphatic rings. The first-order valence-corrected chi connectivity index (χ1v) is 9.81. The van der Waals surface area contributed by atoms with Crippen molar-refractivity contribution in [3.63, 3.8) is 0 Å². The van der Waals surface area contributed by atoms with Gasteiger partial charge in [-0.25, -0.2) is 15.0 Å². The van der Waals surface area contributed by atoms with Gasteiger partial charge in [-0.3, -0.25) is 15.0 Å². The second-order valence-electron chi connectivity index (χ2n) is 7.19. The second kappa shape index (κ2) is 8.83. The average Bonchev–Trinajstić information content (AvgIpc) is 2.76. The van der Waals surface area contributed by atoms with Gasteiger partial charge in [-0.05, 0) is 24.1 Å². The fourth-order valence-corrected chi connectivity index (χ4v) is 3.55. The fourth-order valence-electron chi connectivity index (χ4n) is 3.55. The van der Waals surface area contributed by atoms with Crippen molar-refractivity contribution in [1.82, 2.24) is 19.9 Å². The predicted octanol–water partition coefficient (Wildman–Crippen LogP) is 3.15. The second-order valence-corrected chi connectivity index (χ2v) is 7.19. The number of nitrogens with one attached hydrogen (secondary N) is 1. The molecule has 0 aliphatic carbocycles. The SMILES string of the molecule is Cc1cccnc1Nc1ncnc(N2CCN(Cc3ccccc3)CC2)c1[N+](=O)[O-]. The van der Waals surface area contributed by atoms with Gasteiger partial charge in [0.25, 0.3) is 0 Å². The highest BCUT2D eigenvalue weighted by Gasteiger charge is 2.29. The van der Waals surface area contributed by atoms with Gasteiger partial charge in [0.05, 0.1) is 4.92 Å². The van der Waals surface area contributed by atoms with Crippen LogP contribution in [0.15, 0.2) is 55.0 Å². The molecule has 1 saturated heterocycles. The quantitative estimate of drug-likeness (QED) is 0.493. The molecule has 9 nitrogen and oxygen atoms in total. The summed E-state index contributed by atoms with van der Waals surface area (Å²) in [6, 6.07) is 14.0. The monoisotopic (exact) mass is 405 g/mol. The Bertz CT molecular complexity index is 1020. The van der Waals surface area contributed by atoms with Gasteiger partial charge < -0.3 is 10.2 Å². The molecule has 1 aliphatic heterocycles. The van der Waals surface area contributed by atoms with Crippen molar-refractivity contribution in [3.8, 4) is 0 Å². The lowest BCUT2D eigenvalue weighted by Crippen LogP contribution is -2.46. The standard InChI is InChI=1S/C21H23N7O2/c1-16-6-5-9-22-19(16)25-20-18(28(29)30)21(24-15-23-20)27-12-10-26(11-13-27)14-17-7-3-2-4-8-17/h2-9,15H,10-14H2,1H3,(H,22,23,24,25). The number of hydrogen-bond acceptors (Lipinski definition) is 8. The zero-order valence-electron chi connectivity index (χ0n) is 16.7. The summed E-state index contributed by atoms with van der Waals surface area (Å²) in [6.45, 7) is 5.68. The Morgan fingerprint density at radius 3 is 2.47 bits per heavy atom. The normalized spacial score (nSPS) is 14.5. The Labute approximate surface area is 174 Å². The Morgan fingerprint density at radius 1 is 1.00 bits per heavy atom. The van der Waals surface area contributed by atoms with E-state index >= 15 is 0 Å². The summed E-state index contributed by atoms with van der Waals surface area (Å²) in [5.41, 5.74) is 2.01. The molecule has 1 N–H and O–H groups in total. The molecule has 0 spiro atoms. The lowest BCUT2D eigenvalue weighted by Gasteiger charge is -2.35. The summed E-state index contributed by atoms with van der Waals surface area (Å²) < 4.78 is 0. The maximum atomic E-state index is 11.9. The van der Waals surface area contributed by atoms with Crippen LogP contribution in [-0.4, -0.2) is 51.0 Å². The first kappa shape index (κ1) is 19.7. The molecule has 0 amide bonds. The third-order valence-electron chi connectivity index (χ3n) is 5.15. The minimum absolute atomic E-state index is 0.126. The van der Waals surface area contributed by atoms with Crippen molar-refractivity contribution >= 4 is 23.1 Å². The summed E-state index contributed by atoms with van der Waals surface area (Å²) in [6.07, 6.45) is 2.99. The number of aryl methyl sites for hydroxylation is 1. The van der Waals surface area contributed by atoms with E-state index in [9.17, 15) is 10.1 Å². The van der Waals surface area contributed by atoms with Gasteiger partial charge in [0, 0.05) is 38.9 Å². The molecule has 0 unspecified atom stereocenters. The molecule has 0 radical (unpaired) electrons. The number of nitrogens with zero attached hydrogens (tertiary/aromatic N) is 6. The van der Waals surface area contributed by atoms with Crippen LogP contribution < -0.4 is 10.2 Å². The maximum Gasteiger partial charge on any atom is 0.353 e. The highest BCUT2D eigenvalue weighted by atomic mass is 16.6. The minimum Gasteiger partial charge on any atom is -0.348 e. The average molecular weight is 405 g/mol. The Kier molecular flexibility index (Phi) is 5.80. The number of aromatic nitrogens is 3. The van der Waals surface area contributed by atoms with Gasteiger partial charge in [-0.15, -0.1) is 0 Å². The van der Waals surface area contributed by atoms with Crippen LogP contribution in [0.25, 0.3) is 0 Å². The lowest BCUT2D eigenvalue weighted by molar-refractivity contribution is -0.383. The fraction of sp³-hybridized carbons (Fsp3) is 0.286. The molecule has 0 atom stereocenters. The van der Waals surface area contributed by atoms with Crippen molar-refractivity contribution < 1.29 is 4.92 Å². The molecule has 9 heteroatoms. The van der Waals surface area contributed by atoms with Crippen molar-refractivity contribution in [2.24, 2.45) is 0 Å². The van der Waals surface area contributed by atoms with Crippen molar-refractivity contribution in [2.75, 3.05) is 36.4 Å². The highest BCUT2D eigenvalue weighted by molar-refractivity contribution is 5.74. The van der Waals surface area contributed by atoms with Crippen molar-refractivity contribution in [1.29, 1.82) is 0 Å². The van der Waals surface area contributed by atoms with Crippen LogP contribution in [0, 0.1) is 17.0 Å². The van der Waals surface area contributed by atoms with Crippen LogP contribution in [0.5, 0.6) is 0 Å². The smallest absolute Gasteiger partial charge is 0.348 e. The van der Waals surface area contributed by atoms with Gasteiger partial charge >= 0.3 is 5.69 Å². The van der Waals surface area contributed by atoms with E-state index in [-0.39, 0.29) is 11.5 Å². The lowest BCUT2D eigenvalue weighted by atomic mass is 10.2. The van der Waals surface area contributed by atoms with Crippen LogP contribution in [0.3, 0.4) is 0 Å². The molecule has 4 rings (SSSR count). The zero-order valence-corrected chi connectivity index (χ0v) is 16.7. The molecule has 30 heavy (non-hydrogen) atoms. The first-order valence-electron chi connectivity index (χ1n) is 9.81. The number of piperazine rings is 1. The third kappa shape index (κ3) is 4.36. The molecule has 0 saturated carbocycles. The van der Waals surface area contributed by atoms with Gasteiger partial charge in [0.1, 0.15) is 12.1 Å². The first-order chi connectivity index (χ1) is 14.6. The summed E-state index contributed by atoms with van der Waals surface area (Å²) in [5.74, 6) is 1.03. The number of hydrogen-bond donors (Lipinski definition) is 1. The molecular weight excluding hydrogens is 382 g/mol. The topological polar surface area (TPSA) is 100 Å². The molecule has 1 fully saturated rings. The Balaban J connectivity index is 1.52. The van der Waals surface area contributed by atoms with E-state index in [4.69, 9.17) is 0 Å². The van der Waals surface area contributed by atoms with E-state index in [0.717, 1.165) is 25.2 Å². The number of anilines is 3. The molecule has 154 valence electrons. The molecule has 3 aromatic rings. The number of pyridine rings is 1. The molecule has 2 aromatic heterocycles. The van der Waals surface area contributed by atoms with Crippen LogP contribution in [0.4, 0.5) is 23.1 Å². The highest BCUT2D eigenvalue weighted by Crippen LogP contribution is 2.34. The van der Waals surface area contributed by atoms with Gasteiger partial charge in [0.15, 0.2) is 0 Å². The molecule has 1 aromatic carbocycles. The van der Waals surface area contributed by atoms with E-state index in [2.05, 4.69) is 37.3 Å². The van der Waals surface area contributed by atoms with Crippen molar-refractivity contribution in [3.05, 3.63) is 76.2 Å². The minimum atomic E-state index is -0.424. The maximum absolute atomic E-state index is 11.9. The molecule has 0 bridgehead atoms. The van der Waals surface area contributed by atoms with Crippen molar-refractivity contribution in [2.45, 2.75) is 13.5 Å². The largest absolute Gasteiger partial charge is 0.353 e. The van der Waals surface area contributed by atoms with Crippen LogP contribution in [0.2, 0.25) is 0 Å². The summed E-state index contributed by atoms with van der Waals surface area (Å²) in [4.78, 5) is 28.4. The van der Waals surface area contributed by atoms with Gasteiger partial charge in [-0.2, -0.15) is 0 Å². The van der Waals surface area contributed by atoms with E-state index in [1.54, 1.807) is 6.20 Å². The predicted molar refractivity (Wildman–Crippen MR) is 115 cm³/mol. The Hall–Kier alpha value is -3.59. The van der Waals surface area contributed by atoms with E-state index in [1.165, 1.54) is 11.9 Å².